The molecule has 0 amide bonds. The van der Waals surface area contributed by atoms with Crippen LogP contribution in [0.4, 0.5) is 0 Å². The van der Waals surface area contributed by atoms with Crippen molar-refractivity contribution in [2.24, 2.45) is 0 Å². The Labute approximate surface area is 131 Å². The van der Waals surface area contributed by atoms with Crippen LogP contribution in [0.1, 0.15) is 31.7 Å². The third-order valence-electron chi connectivity index (χ3n) is 4.31. The highest BCUT2D eigenvalue weighted by Gasteiger charge is 2.32. The first-order valence-corrected chi connectivity index (χ1v) is 9.26. The zero-order valence-corrected chi connectivity index (χ0v) is 13.5. The summed E-state index contributed by atoms with van der Waals surface area (Å²) < 4.78 is 36.0. The molecule has 1 aromatic heterocycles. The van der Waals surface area contributed by atoms with Gasteiger partial charge in [-0.05, 0) is 25.7 Å². The lowest BCUT2D eigenvalue weighted by atomic mass is 10.1. The fourth-order valence-corrected chi connectivity index (χ4v) is 4.76. The van der Waals surface area contributed by atoms with Gasteiger partial charge in [0, 0.05) is 39.0 Å². The van der Waals surface area contributed by atoms with Crippen LogP contribution in [0.25, 0.3) is 0 Å². The molecule has 0 bridgehead atoms. The lowest BCUT2D eigenvalue weighted by Crippen LogP contribution is -2.45. The van der Waals surface area contributed by atoms with Gasteiger partial charge in [-0.2, -0.15) is 17.0 Å². The van der Waals surface area contributed by atoms with Gasteiger partial charge in [0.25, 0.3) is 10.2 Å². The molecule has 0 radical (unpaired) electrons. The van der Waals surface area contributed by atoms with Gasteiger partial charge in [0.15, 0.2) is 0 Å². The SMILES string of the molecule is O=S(=O)(N1CCCOCC1)N1CCCC(n2ccnn2)CC1. The molecule has 0 N–H and O–H groups in total. The maximum Gasteiger partial charge on any atom is 0.282 e. The average molecular weight is 329 g/mol. The monoisotopic (exact) mass is 329 g/mol. The van der Waals surface area contributed by atoms with E-state index in [0.29, 0.717) is 39.4 Å². The molecule has 2 aliphatic rings. The summed E-state index contributed by atoms with van der Waals surface area (Å²) in [5.41, 5.74) is 0. The van der Waals surface area contributed by atoms with Crippen molar-refractivity contribution in [3.8, 4) is 0 Å². The van der Waals surface area contributed by atoms with E-state index in [2.05, 4.69) is 10.3 Å². The van der Waals surface area contributed by atoms with Crippen molar-refractivity contribution in [3.63, 3.8) is 0 Å². The predicted octanol–water partition coefficient (Wildman–Crippen LogP) is 0.272. The van der Waals surface area contributed by atoms with E-state index >= 15 is 0 Å². The number of hydrogen-bond acceptors (Lipinski definition) is 5. The smallest absolute Gasteiger partial charge is 0.282 e. The standard InChI is InChI=1S/C13H23N5O3S/c19-22(20,17-7-2-11-21-12-10-17)16-6-1-3-13(4-8-16)18-9-5-14-15-18/h5,9,13H,1-4,6-8,10-12H2. The normalized spacial score (nSPS) is 26.5. The lowest BCUT2D eigenvalue weighted by Gasteiger charge is -2.27. The van der Waals surface area contributed by atoms with Crippen LogP contribution in [0.15, 0.2) is 12.4 Å². The van der Waals surface area contributed by atoms with E-state index in [0.717, 1.165) is 25.7 Å². The van der Waals surface area contributed by atoms with Crippen molar-refractivity contribution in [1.82, 2.24) is 23.6 Å². The summed E-state index contributed by atoms with van der Waals surface area (Å²) in [6.07, 6.45) is 6.81. The highest BCUT2D eigenvalue weighted by molar-refractivity contribution is 7.86. The van der Waals surface area contributed by atoms with Crippen LogP contribution >= 0.6 is 0 Å². The van der Waals surface area contributed by atoms with Crippen molar-refractivity contribution in [2.45, 2.75) is 31.7 Å². The highest BCUT2D eigenvalue weighted by Crippen LogP contribution is 2.24. The van der Waals surface area contributed by atoms with Crippen molar-refractivity contribution in [3.05, 3.63) is 12.4 Å². The third-order valence-corrected chi connectivity index (χ3v) is 6.34. The molecule has 1 aromatic rings. The van der Waals surface area contributed by atoms with Crippen LogP contribution in [0.2, 0.25) is 0 Å². The van der Waals surface area contributed by atoms with E-state index in [1.54, 1.807) is 14.8 Å². The van der Waals surface area contributed by atoms with Gasteiger partial charge in [-0.1, -0.05) is 5.21 Å². The Balaban J connectivity index is 1.66. The molecule has 1 unspecified atom stereocenters. The molecule has 8 nitrogen and oxygen atoms in total. The Hall–Kier alpha value is -1.03. The fourth-order valence-electron chi connectivity index (χ4n) is 3.08. The van der Waals surface area contributed by atoms with Gasteiger partial charge in [-0.15, -0.1) is 5.10 Å². The number of hydrogen-bond donors (Lipinski definition) is 0. The van der Waals surface area contributed by atoms with Gasteiger partial charge in [0.05, 0.1) is 18.8 Å². The van der Waals surface area contributed by atoms with Crippen molar-refractivity contribution >= 4 is 10.2 Å². The molecule has 2 fully saturated rings. The van der Waals surface area contributed by atoms with E-state index in [1.807, 2.05) is 10.9 Å². The summed E-state index contributed by atoms with van der Waals surface area (Å²) in [6, 6.07) is 0.232. The van der Waals surface area contributed by atoms with Gasteiger partial charge in [0.2, 0.25) is 0 Å². The second-order valence-corrected chi connectivity index (χ2v) is 7.67. The predicted molar refractivity (Wildman–Crippen MR) is 80.4 cm³/mol. The molecule has 9 heteroatoms. The van der Waals surface area contributed by atoms with E-state index in [9.17, 15) is 8.42 Å². The Morgan fingerprint density at radius 2 is 1.82 bits per heavy atom. The van der Waals surface area contributed by atoms with Gasteiger partial charge >= 0.3 is 0 Å². The van der Waals surface area contributed by atoms with Gasteiger partial charge in [0.1, 0.15) is 0 Å². The number of nitrogens with zero attached hydrogens (tertiary/aromatic N) is 5. The zero-order chi connectivity index (χ0) is 15.4. The summed E-state index contributed by atoms with van der Waals surface area (Å²) in [6.45, 7) is 3.22. The van der Waals surface area contributed by atoms with Gasteiger partial charge in [-0.3, -0.25) is 0 Å². The van der Waals surface area contributed by atoms with Gasteiger partial charge in [-0.25, -0.2) is 4.68 Å². The minimum atomic E-state index is -3.38. The molecule has 3 rings (SSSR count). The van der Waals surface area contributed by atoms with E-state index < -0.39 is 10.2 Å². The van der Waals surface area contributed by atoms with E-state index in [1.165, 1.54) is 0 Å². The summed E-state index contributed by atoms with van der Waals surface area (Å²) in [5, 5.41) is 7.88. The summed E-state index contributed by atoms with van der Waals surface area (Å²) in [5.74, 6) is 0. The summed E-state index contributed by atoms with van der Waals surface area (Å²) >= 11 is 0. The summed E-state index contributed by atoms with van der Waals surface area (Å²) in [7, 11) is -3.38. The molecule has 2 saturated heterocycles. The molecule has 0 aromatic carbocycles. The minimum Gasteiger partial charge on any atom is -0.380 e. The van der Waals surface area contributed by atoms with Crippen LogP contribution in [0, 0.1) is 0 Å². The second kappa shape index (κ2) is 7.03. The molecule has 22 heavy (non-hydrogen) atoms. The second-order valence-electron chi connectivity index (χ2n) is 5.74. The van der Waals surface area contributed by atoms with Crippen LogP contribution in [0.3, 0.4) is 0 Å². The molecular weight excluding hydrogens is 306 g/mol. The fraction of sp³-hybridized carbons (Fsp3) is 0.846. The molecule has 124 valence electrons. The Morgan fingerprint density at radius 1 is 1.00 bits per heavy atom. The van der Waals surface area contributed by atoms with E-state index in [-0.39, 0.29) is 6.04 Å². The van der Waals surface area contributed by atoms with E-state index in [4.69, 9.17) is 4.74 Å². The Kier molecular flexibility index (Phi) is 5.07. The van der Waals surface area contributed by atoms with Crippen molar-refractivity contribution in [2.75, 3.05) is 39.4 Å². The molecule has 0 spiro atoms. The Morgan fingerprint density at radius 3 is 2.64 bits per heavy atom. The first-order chi connectivity index (χ1) is 10.7. The number of aromatic nitrogens is 3. The zero-order valence-electron chi connectivity index (χ0n) is 12.7. The van der Waals surface area contributed by atoms with Crippen LogP contribution in [-0.4, -0.2) is 71.4 Å². The lowest BCUT2D eigenvalue weighted by molar-refractivity contribution is 0.147. The van der Waals surface area contributed by atoms with Crippen LogP contribution < -0.4 is 0 Å². The maximum atomic E-state index is 12.8. The average Bonchev–Trinajstić information content (AvgIpc) is 2.78. The Bertz CT molecular complexity index is 554. The molecule has 1 atom stereocenters. The first kappa shape index (κ1) is 15.9. The third kappa shape index (κ3) is 3.48. The molecule has 3 heterocycles. The number of ether oxygens (including phenoxy) is 1. The van der Waals surface area contributed by atoms with Crippen molar-refractivity contribution in [1.29, 1.82) is 0 Å². The summed E-state index contributed by atoms with van der Waals surface area (Å²) in [4.78, 5) is 0. The quantitative estimate of drug-likeness (QED) is 0.795. The van der Waals surface area contributed by atoms with Crippen molar-refractivity contribution < 1.29 is 13.2 Å². The molecular formula is C13H23N5O3S. The highest BCUT2D eigenvalue weighted by atomic mass is 32.2. The molecule has 0 saturated carbocycles. The van der Waals surface area contributed by atoms with Crippen LogP contribution in [-0.2, 0) is 14.9 Å². The molecule has 0 aliphatic carbocycles. The minimum absolute atomic E-state index is 0.232. The maximum absolute atomic E-state index is 12.8. The molecule has 2 aliphatic heterocycles. The van der Waals surface area contributed by atoms with Crippen LogP contribution in [0.5, 0.6) is 0 Å². The number of rotatable bonds is 3. The van der Waals surface area contributed by atoms with Gasteiger partial charge < -0.3 is 4.74 Å². The largest absolute Gasteiger partial charge is 0.380 e. The topological polar surface area (TPSA) is 80.6 Å². The first-order valence-electron chi connectivity index (χ1n) is 7.87.